The van der Waals surface area contributed by atoms with Crippen LogP contribution in [0.2, 0.25) is 0 Å². The molecular formula is C12H10BrNO2S. The zero-order valence-electron chi connectivity index (χ0n) is 9.36. The van der Waals surface area contributed by atoms with Gasteiger partial charge in [0.15, 0.2) is 0 Å². The molecule has 0 aliphatic rings. The molecule has 2 aromatic rings. The molecule has 0 spiro atoms. The normalized spacial score (nSPS) is 10.3. The average molecular weight is 312 g/mol. The molecule has 0 fully saturated rings. The van der Waals surface area contributed by atoms with Crippen molar-refractivity contribution in [2.75, 3.05) is 7.11 Å². The standard InChI is InChI=1S/C12H10BrNO2S/c1-7-14-10(6-17-7)12(15)8-3-4-11(16-2)9(13)5-8/h3-6H,1-2H3. The van der Waals surface area contributed by atoms with Gasteiger partial charge < -0.3 is 4.74 Å². The summed E-state index contributed by atoms with van der Waals surface area (Å²) in [5, 5.41) is 2.66. The summed E-state index contributed by atoms with van der Waals surface area (Å²) < 4.78 is 5.88. The van der Waals surface area contributed by atoms with Gasteiger partial charge in [-0.05, 0) is 41.1 Å². The maximum absolute atomic E-state index is 12.1. The molecule has 2 rings (SSSR count). The highest BCUT2D eigenvalue weighted by molar-refractivity contribution is 9.10. The monoisotopic (exact) mass is 311 g/mol. The van der Waals surface area contributed by atoms with E-state index in [1.807, 2.05) is 6.92 Å². The maximum Gasteiger partial charge on any atom is 0.212 e. The number of aryl methyl sites for hydroxylation is 1. The molecule has 0 bridgehead atoms. The number of thiazole rings is 1. The Kier molecular flexibility index (Phi) is 3.59. The summed E-state index contributed by atoms with van der Waals surface area (Å²) in [5.74, 6) is 0.633. The molecule has 0 N–H and O–H groups in total. The number of rotatable bonds is 3. The summed E-state index contributed by atoms with van der Waals surface area (Å²) in [6.45, 7) is 1.88. The first kappa shape index (κ1) is 12.3. The number of ketones is 1. The molecule has 0 amide bonds. The van der Waals surface area contributed by atoms with Gasteiger partial charge in [0.2, 0.25) is 5.78 Å². The van der Waals surface area contributed by atoms with E-state index in [0.717, 1.165) is 9.48 Å². The first-order chi connectivity index (χ1) is 8.11. The van der Waals surface area contributed by atoms with Crippen LogP contribution in [0.5, 0.6) is 5.75 Å². The van der Waals surface area contributed by atoms with Gasteiger partial charge in [-0.3, -0.25) is 4.79 Å². The van der Waals surface area contributed by atoms with Gasteiger partial charge in [0.1, 0.15) is 11.4 Å². The molecule has 0 unspecified atom stereocenters. The topological polar surface area (TPSA) is 39.2 Å². The molecule has 3 nitrogen and oxygen atoms in total. The number of carbonyl (C=O) groups is 1. The summed E-state index contributed by atoms with van der Waals surface area (Å²) in [5.41, 5.74) is 1.09. The number of benzene rings is 1. The third-order valence-corrected chi connectivity index (χ3v) is 3.66. The second kappa shape index (κ2) is 4.98. The largest absolute Gasteiger partial charge is 0.496 e. The number of carbonyl (C=O) groups excluding carboxylic acids is 1. The number of hydrogen-bond acceptors (Lipinski definition) is 4. The van der Waals surface area contributed by atoms with Crippen LogP contribution in [0.15, 0.2) is 28.1 Å². The molecule has 17 heavy (non-hydrogen) atoms. The smallest absolute Gasteiger partial charge is 0.212 e. The molecule has 0 saturated heterocycles. The molecule has 0 radical (unpaired) electrons. The zero-order valence-corrected chi connectivity index (χ0v) is 11.8. The van der Waals surface area contributed by atoms with Gasteiger partial charge in [-0.1, -0.05) is 0 Å². The predicted molar refractivity (Wildman–Crippen MR) is 71.0 cm³/mol. The minimum atomic E-state index is -0.0716. The van der Waals surface area contributed by atoms with E-state index in [0.29, 0.717) is 17.0 Å². The highest BCUT2D eigenvalue weighted by Gasteiger charge is 2.13. The Labute approximate surface area is 112 Å². The molecule has 1 heterocycles. The Hall–Kier alpha value is -1.20. The van der Waals surface area contributed by atoms with Crippen LogP contribution in [-0.4, -0.2) is 17.9 Å². The molecule has 0 aliphatic heterocycles. The Bertz CT molecular complexity index is 565. The molecule has 88 valence electrons. The quantitative estimate of drug-likeness (QED) is 0.815. The Morgan fingerprint density at radius 2 is 2.24 bits per heavy atom. The average Bonchev–Trinajstić information content (AvgIpc) is 2.75. The number of ether oxygens (including phenoxy) is 1. The number of methoxy groups -OCH3 is 1. The molecule has 1 aromatic heterocycles. The van der Waals surface area contributed by atoms with Crippen LogP contribution in [0.25, 0.3) is 0 Å². The first-order valence-electron chi connectivity index (χ1n) is 4.92. The molecule has 0 aliphatic carbocycles. The van der Waals surface area contributed by atoms with Crippen molar-refractivity contribution in [3.8, 4) is 5.75 Å². The zero-order chi connectivity index (χ0) is 12.4. The van der Waals surface area contributed by atoms with E-state index in [2.05, 4.69) is 20.9 Å². The lowest BCUT2D eigenvalue weighted by Gasteiger charge is -2.04. The van der Waals surface area contributed by atoms with Gasteiger partial charge in [0.25, 0.3) is 0 Å². The summed E-state index contributed by atoms with van der Waals surface area (Å²) in [4.78, 5) is 16.3. The van der Waals surface area contributed by atoms with Crippen LogP contribution in [-0.2, 0) is 0 Å². The van der Waals surface area contributed by atoms with Crippen LogP contribution in [0, 0.1) is 6.92 Å². The Morgan fingerprint density at radius 1 is 1.47 bits per heavy atom. The summed E-state index contributed by atoms with van der Waals surface area (Å²) >= 11 is 4.83. The van der Waals surface area contributed by atoms with Gasteiger partial charge in [-0.15, -0.1) is 11.3 Å². The minimum Gasteiger partial charge on any atom is -0.496 e. The molecule has 5 heteroatoms. The number of hydrogen-bond donors (Lipinski definition) is 0. The van der Waals surface area contributed by atoms with Crippen LogP contribution >= 0.6 is 27.3 Å². The second-order valence-corrected chi connectivity index (χ2v) is 5.35. The predicted octanol–water partition coefficient (Wildman–Crippen LogP) is 3.45. The van der Waals surface area contributed by atoms with E-state index in [-0.39, 0.29) is 5.78 Å². The van der Waals surface area contributed by atoms with Crippen molar-refractivity contribution >= 4 is 33.0 Å². The molecule has 0 atom stereocenters. The summed E-state index contributed by atoms with van der Waals surface area (Å²) in [6, 6.07) is 5.24. The van der Waals surface area contributed by atoms with E-state index in [9.17, 15) is 4.79 Å². The Balaban J connectivity index is 2.35. The summed E-state index contributed by atoms with van der Waals surface area (Å²) in [7, 11) is 1.59. The van der Waals surface area contributed by atoms with E-state index >= 15 is 0 Å². The van der Waals surface area contributed by atoms with E-state index in [1.54, 1.807) is 30.7 Å². The van der Waals surface area contributed by atoms with Crippen molar-refractivity contribution in [3.05, 3.63) is 44.3 Å². The fourth-order valence-corrected chi connectivity index (χ4v) is 2.56. The van der Waals surface area contributed by atoms with Crippen LogP contribution in [0.3, 0.4) is 0 Å². The number of aromatic nitrogens is 1. The third kappa shape index (κ3) is 2.56. The van der Waals surface area contributed by atoms with Crippen LogP contribution in [0.1, 0.15) is 21.1 Å². The fourth-order valence-electron chi connectivity index (χ4n) is 1.42. The van der Waals surface area contributed by atoms with Gasteiger partial charge in [-0.2, -0.15) is 0 Å². The molecule has 0 saturated carbocycles. The highest BCUT2D eigenvalue weighted by Crippen LogP contribution is 2.26. The van der Waals surface area contributed by atoms with Gasteiger partial charge in [-0.25, -0.2) is 4.98 Å². The lowest BCUT2D eigenvalue weighted by Crippen LogP contribution is -2.02. The maximum atomic E-state index is 12.1. The van der Waals surface area contributed by atoms with Crippen LogP contribution < -0.4 is 4.74 Å². The minimum absolute atomic E-state index is 0.0716. The molecular weight excluding hydrogens is 302 g/mol. The van der Waals surface area contributed by atoms with Gasteiger partial charge in [0.05, 0.1) is 16.6 Å². The van der Waals surface area contributed by atoms with Gasteiger partial charge >= 0.3 is 0 Å². The van der Waals surface area contributed by atoms with Crippen molar-refractivity contribution in [1.82, 2.24) is 4.98 Å². The fraction of sp³-hybridized carbons (Fsp3) is 0.167. The second-order valence-electron chi connectivity index (χ2n) is 3.43. The van der Waals surface area contributed by atoms with Gasteiger partial charge in [0, 0.05) is 10.9 Å². The number of halogens is 1. The number of nitrogens with zero attached hydrogens (tertiary/aromatic N) is 1. The Morgan fingerprint density at radius 3 is 2.76 bits per heavy atom. The van der Waals surface area contributed by atoms with E-state index < -0.39 is 0 Å². The van der Waals surface area contributed by atoms with Crippen molar-refractivity contribution in [3.63, 3.8) is 0 Å². The van der Waals surface area contributed by atoms with E-state index in [1.165, 1.54) is 11.3 Å². The van der Waals surface area contributed by atoms with Crippen molar-refractivity contribution in [2.45, 2.75) is 6.92 Å². The lowest BCUT2D eigenvalue weighted by atomic mass is 10.1. The first-order valence-corrected chi connectivity index (χ1v) is 6.59. The van der Waals surface area contributed by atoms with E-state index in [4.69, 9.17) is 4.74 Å². The SMILES string of the molecule is COc1ccc(C(=O)c2csc(C)n2)cc1Br. The van der Waals surface area contributed by atoms with Crippen molar-refractivity contribution < 1.29 is 9.53 Å². The third-order valence-electron chi connectivity index (χ3n) is 2.27. The lowest BCUT2D eigenvalue weighted by molar-refractivity contribution is 0.103. The van der Waals surface area contributed by atoms with Crippen molar-refractivity contribution in [1.29, 1.82) is 0 Å². The van der Waals surface area contributed by atoms with Crippen molar-refractivity contribution in [2.24, 2.45) is 0 Å². The van der Waals surface area contributed by atoms with Crippen LogP contribution in [0.4, 0.5) is 0 Å². The molecule has 1 aromatic carbocycles. The highest BCUT2D eigenvalue weighted by atomic mass is 79.9. The summed E-state index contributed by atoms with van der Waals surface area (Å²) in [6.07, 6.45) is 0.